The molecule has 0 radical (unpaired) electrons. The Bertz CT molecular complexity index is 489. The molecule has 3 N–H and O–H groups in total. The molecule has 0 heterocycles. The van der Waals surface area contributed by atoms with E-state index in [0.717, 1.165) is 11.1 Å². The summed E-state index contributed by atoms with van der Waals surface area (Å²) in [5.74, 6) is 0.0457. The van der Waals surface area contributed by atoms with Crippen LogP contribution in [0.1, 0.15) is 17.5 Å². The summed E-state index contributed by atoms with van der Waals surface area (Å²) in [6.07, 6.45) is 0.471. The highest BCUT2D eigenvalue weighted by molar-refractivity contribution is 7.92. The highest BCUT2D eigenvalue weighted by Gasteiger charge is 2.13. The van der Waals surface area contributed by atoms with E-state index < -0.39 is 10.0 Å². The van der Waals surface area contributed by atoms with Crippen LogP contribution in [0.25, 0.3) is 0 Å². The fraction of sp³-hybridized carbons (Fsp3) is 0.500. The smallest absolute Gasteiger partial charge is 0.232 e. The molecule has 0 amide bonds. The van der Waals surface area contributed by atoms with E-state index in [4.69, 9.17) is 10.5 Å². The topological polar surface area (TPSA) is 81.4 Å². The second-order valence-electron chi connectivity index (χ2n) is 4.30. The van der Waals surface area contributed by atoms with E-state index in [1.165, 1.54) is 0 Å². The molecule has 0 aliphatic rings. The van der Waals surface area contributed by atoms with Crippen molar-refractivity contribution in [1.29, 1.82) is 0 Å². The van der Waals surface area contributed by atoms with Crippen LogP contribution in [-0.4, -0.2) is 27.9 Å². The number of ether oxygens (including phenoxy) is 1. The van der Waals surface area contributed by atoms with E-state index in [2.05, 4.69) is 4.72 Å². The zero-order valence-electron chi connectivity index (χ0n) is 11.0. The molecule has 0 bridgehead atoms. The average molecular weight is 272 g/mol. The third kappa shape index (κ3) is 4.19. The lowest BCUT2D eigenvalue weighted by atomic mass is 10.1. The van der Waals surface area contributed by atoms with Gasteiger partial charge in [0.05, 0.1) is 11.4 Å². The van der Waals surface area contributed by atoms with E-state index in [-0.39, 0.29) is 5.75 Å². The lowest BCUT2D eigenvalue weighted by molar-refractivity contribution is 0.199. The number of nitrogens with one attached hydrogen (secondary N) is 1. The van der Waals surface area contributed by atoms with Gasteiger partial charge in [-0.15, -0.1) is 0 Å². The maximum absolute atomic E-state index is 11.9. The number of rotatable bonds is 6. The van der Waals surface area contributed by atoms with E-state index in [1.54, 1.807) is 19.2 Å². The minimum atomic E-state index is -3.34. The van der Waals surface area contributed by atoms with Crippen LogP contribution in [0, 0.1) is 13.8 Å². The maximum atomic E-state index is 11.9. The van der Waals surface area contributed by atoms with Gasteiger partial charge in [0.15, 0.2) is 0 Å². The van der Waals surface area contributed by atoms with Crippen LogP contribution in [0.5, 0.6) is 0 Å². The first-order valence-electron chi connectivity index (χ1n) is 5.72. The Morgan fingerprint density at radius 2 is 1.83 bits per heavy atom. The van der Waals surface area contributed by atoms with Crippen LogP contribution >= 0.6 is 0 Å². The molecule has 0 atom stereocenters. The molecule has 0 unspecified atom stereocenters. The number of aryl methyl sites for hydroxylation is 2. The standard InChI is InChI=1S/C12H20N2O3S/c1-9-7-11(13)8-10(2)12(9)14-18(15,16)6-4-5-17-3/h7-8,14H,4-6,13H2,1-3H3. The molecule has 0 aliphatic heterocycles. The van der Waals surface area contributed by atoms with Crippen LogP contribution in [0.3, 0.4) is 0 Å². The summed E-state index contributed by atoms with van der Waals surface area (Å²) in [6.45, 7) is 4.09. The van der Waals surface area contributed by atoms with Crippen LogP contribution in [0.2, 0.25) is 0 Å². The summed E-state index contributed by atoms with van der Waals surface area (Å²) in [4.78, 5) is 0. The van der Waals surface area contributed by atoms with E-state index >= 15 is 0 Å². The second kappa shape index (κ2) is 6.06. The molecule has 5 nitrogen and oxygen atoms in total. The molecule has 0 fully saturated rings. The normalized spacial score (nSPS) is 11.5. The Morgan fingerprint density at radius 1 is 1.28 bits per heavy atom. The molecule has 18 heavy (non-hydrogen) atoms. The quantitative estimate of drug-likeness (QED) is 0.609. The molecule has 6 heteroatoms. The molecule has 102 valence electrons. The van der Waals surface area contributed by atoms with Gasteiger partial charge in [0.25, 0.3) is 0 Å². The Kier molecular flexibility index (Phi) is 4.98. The van der Waals surface area contributed by atoms with Gasteiger partial charge in [0.2, 0.25) is 10.0 Å². The Morgan fingerprint density at radius 3 is 2.33 bits per heavy atom. The SMILES string of the molecule is COCCCS(=O)(=O)Nc1c(C)cc(N)cc1C. The summed E-state index contributed by atoms with van der Waals surface area (Å²) in [7, 11) is -1.79. The lowest BCUT2D eigenvalue weighted by Crippen LogP contribution is -2.19. The molecule has 0 aromatic heterocycles. The van der Waals surface area contributed by atoms with Crippen molar-refractivity contribution in [2.75, 3.05) is 29.9 Å². The zero-order valence-corrected chi connectivity index (χ0v) is 11.8. The van der Waals surface area contributed by atoms with E-state index in [1.807, 2.05) is 13.8 Å². The van der Waals surface area contributed by atoms with Gasteiger partial charge >= 0.3 is 0 Å². The predicted octanol–water partition coefficient (Wildman–Crippen LogP) is 1.66. The largest absolute Gasteiger partial charge is 0.399 e. The van der Waals surface area contributed by atoms with Gasteiger partial charge in [-0.1, -0.05) is 0 Å². The van der Waals surface area contributed by atoms with Crippen molar-refractivity contribution in [2.24, 2.45) is 0 Å². The first kappa shape index (κ1) is 14.8. The van der Waals surface area contributed by atoms with Crippen molar-refractivity contribution in [3.63, 3.8) is 0 Å². The fourth-order valence-corrected chi connectivity index (χ4v) is 2.99. The lowest BCUT2D eigenvalue weighted by Gasteiger charge is -2.14. The monoisotopic (exact) mass is 272 g/mol. The number of nitrogens with two attached hydrogens (primary N) is 1. The number of nitrogen functional groups attached to an aromatic ring is 1. The molecule has 0 spiro atoms. The molecule has 0 aliphatic carbocycles. The number of hydrogen-bond donors (Lipinski definition) is 2. The summed E-state index contributed by atoms with van der Waals surface area (Å²) >= 11 is 0. The number of methoxy groups -OCH3 is 1. The molecule has 1 rings (SSSR count). The zero-order chi connectivity index (χ0) is 13.8. The summed E-state index contributed by atoms with van der Waals surface area (Å²) in [5, 5.41) is 0. The van der Waals surface area contributed by atoms with Crippen molar-refractivity contribution >= 4 is 21.4 Å². The summed E-state index contributed by atoms with van der Waals surface area (Å²) in [6, 6.07) is 3.50. The van der Waals surface area contributed by atoms with Gasteiger partial charge in [-0.2, -0.15) is 0 Å². The van der Waals surface area contributed by atoms with Gasteiger partial charge in [-0.25, -0.2) is 8.42 Å². The van der Waals surface area contributed by atoms with Crippen LogP contribution in [-0.2, 0) is 14.8 Å². The molecule has 1 aromatic rings. The first-order chi connectivity index (χ1) is 8.35. The van der Waals surface area contributed by atoms with Crippen LogP contribution in [0.4, 0.5) is 11.4 Å². The Balaban J connectivity index is 2.84. The maximum Gasteiger partial charge on any atom is 0.232 e. The predicted molar refractivity (Wildman–Crippen MR) is 74.2 cm³/mol. The number of sulfonamides is 1. The number of benzene rings is 1. The highest BCUT2D eigenvalue weighted by Crippen LogP contribution is 2.24. The van der Waals surface area contributed by atoms with E-state index in [0.29, 0.717) is 24.4 Å². The van der Waals surface area contributed by atoms with Crippen molar-refractivity contribution in [3.8, 4) is 0 Å². The van der Waals surface area contributed by atoms with Gasteiger partial charge in [-0.3, -0.25) is 4.72 Å². The van der Waals surface area contributed by atoms with Gasteiger partial charge in [-0.05, 0) is 43.5 Å². The Labute approximate surface area is 108 Å². The van der Waals surface area contributed by atoms with Crippen molar-refractivity contribution in [2.45, 2.75) is 20.3 Å². The summed E-state index contributed by atoms with van der Waals surface area (Å²) in [5.41, 5.74) is 8.59. The molecule has 1 aromatic carbocycles. The second-order valence-corrected chi connectivity index (χ2v) is 6.14. The molecule has 0 saturated heterocycles. The van der Waals surface area contributed by atoms with Gasteiger partial charge in [0.1, 0.15) is 0 Å². The summed E-state index contributed by atoms with van der Waals surface area (Å²) < 4.78 is 31.2. The molecular weight excluding hydrogens is 252 g/mol. The van der Waals surface area contributed by atoms with Gasteiger partial charge < -0.3 is 10.5 Å². The number of anilines is 2. The van der Waals surface area contributed by atoms with Crippen molar-refractivity contribution in [3.05, 3.63) is 23.3 Å². The first-order valence-corrected chi connectivity index (χ1v) is 7.37. The van der Waals surface area contributed by atoms with Crippen LogP contribution in [0.15, 0.2) is 12.1 Å². The minimum absolute atomic E-state index is 0.0457. The molecule has 0 saturated carbocycles. The Hall–Kier alpha value is -1.27. The fourth-order valence-electron chi connectivity index (χ4n) is 1.76. The molecular formula is C12H20N2O3S. The minimum Gasteiger partial charge on any atom is -0.399 e. The third-order valence-electron chi connectivity index (χ3n) is 2.57. The number of hydrogen-bond acceptors (Lipinski definition) is 4. The van der Waals surface area contributed by atoms with Crippen molar-refractivity contribution in [1.82, 2.24) is 0 Å². The van der Waals surface area contributed by atoms with Crippen molar-refractivity contribution < 1.29 is 13.2 Å². The average Bonchev–Trinajstić information content (AvgIpc) is 2.23. The highest BCUT2D eigenvalue weighted by atomic mass is 32.2. The third-order valence-corrected chi connectivity index (χ3v) is 3.92. The van der Waals surface area contributed by atoms with Crippen LogP contribution < -0.4 is 10.5 Å². The van der Waals surface area contributed by atoms with E-state index in [9.17, 15) is 8.42 Å². The van der Waals surface area contributed by atoms with Gasteiger partial charge in [0, 0.05) is 19.4 Å².